The molecule has 0 aliphatic rings. The van der Waals surface area contributed by atoms with E-state index in [4.69, 9.17) is 0 Å². The van der Waals surface area contributed by atoms with Gasteiger partial charge in [0.1, 0.15) is 5.82 Å². The predicted molar refractivity (Wildman–Crippen MR) is 84.4 cm³/mol. The fourth-order valence-corrected chi connectivity index (χ4v) is 4.30. The van der Waals surface area contributed by atoms with E-state index in [1.807, 2.05) is 12.1 Å². The highest BCUT2D eigenvalue weighted by molar-refractivity contribution is 9.09. The lowest BCUT2D eigenvalue weighted by molar-refractivity contribution is 0.465. The Bertz CT molecular complexity index is 331. The van der Waals surface area contributed by atoms with Crippen molar-refractivity contribution >= 4 is 31.9 Å². The van der Waals surface area contributed by atoms with Crippen LogP contribution in [0, 0.1) is 5.82 Å². The van der Waals surface area contributed by atoms with E-state index in [1.54, 1.807) is 12.1 Å². The molecule has 0 nitrogen and oxygen atoms in total. The van der Waals surface area contributed by atoms with Gasteiger partial charge in [-0.15, -0.1) is 0 Å². The van der Waals surface area contributed by atoms with Crippen LogP contribution in [0.3, 0.4) is 0 Å². The molecular weight excluding hydrogens is 359 g/mol. The number of hydrogen-bond donors (Lipinski definition) is 0. The fourth-order valence-electron chi connectivity index (χ4n) is 2.16. The maximum absolute atomic E-state index is 13.0. The zero-order chi connectivity index (χ0) is 13.4. The van der Waals surface area contributed by atoms with Gasteiger partial charge in [-0.25, -0.2) is 4.39 Å². The number of halogens is 3. The number of hydrogen-bond acceptors (Lipinski definition) is 0. The first-order valence-electron chi connectivity index (χ1n) is 6.56. The molecule has 0 N–H and O–H groups in total. The molecule has 102 valence electrons. The molecule has 3 heteroatoms. The molecule has 1 aromatic rings. The van der Waals surface area contributed by atoms with E-state index in [-0.39, 0.29) is 11.2 Å². The second-order valence-corrected chi connectivity index (χ2v) is 5.99. The van der Waals surface area contributed by atoms with Crippen molar-refractivity contribution < 1.29 is 4.39 Å². The lowest BCUT2D eigenvalue weighted by atomic mass is 9.80. The molecule has 0 bridgehead atoms. The number of alkyl halides is 2. The highest BCUT2D eigenvalue weighted by atomic mass is 79.9. The van der Waals surface area contributed by atoms with Gasteiger partial charge in [0.2, 0.25) is 0 Å². The van der Waals surface area contributed by atoms with Gasteiger partial charge in [0.15, 0.2) is 0 Å². The van der Waals surface area contributed by atoms with Crippen LogP contribution < -0.4 is 0 Å². The third-order valence-electron chi connectivity index (χ3n) is 3.48. The minimum absolute atomic E-state index is 0.0848. The topological polar surface area (TPSA) is 0 Å². The highest BCUT2D eigenvalue weighted by Crippen LogP contribution is 2.34. The summed E-state index contributed by atoms with van der Waals surface area (Å²) < 4.78 is 13.0. The summed E-state index contributed by atoms with van der Waals surface area (Å²) in [5, 5.41) is 1.81. The Morgan fingerprint density at radius 1 is 1.00 bits per heavy atom. The SMILES string of the molecule is CCCCCCC(CBr)(CBr)c1ccc(F)cc1. The molecule has 0 amide bonds. The standard InChI is InChI=1S/C15H21Br2F/c1-2-3-4-5-10-15(11-16,12-17)13-6-8-14(18)9-7-13/h6-9H,2-5,10-12H2,1H3. The third-order valence-corrected chi connectivity index (χ3v) is 5.62. The molecule has 0 saturated carbocycles. The first-order valence-corrected chi connectivity index (χ1v) is 8.81. The molecule has 1 aromatic carbocycles. The van der Waals surface area contributed by atoms with Crippen LogP contribution in [0.4, 0.5) is 4.39 Å². The summed E-state index contributed by atoms with van der Waals surface area (Å²) in [4.78, 5) is 0. The molecule has 0 fully saturated rings. The minimum atomic E-state index is -0.164. The van der Waals surface area contributed by atoms with Crippen molar-refractivity contribution in [3.8, 4) is 0 Å². The zero-order valence-corrected chi connectivity index (χ0v) is 14.1. The Morgan fingerprint density at radius 3 is 2.11 bits per heavy atom. The second-order valence-electron chi connectivity index (χ2n) is 4.87. The molecule has 0 aliphatic heterocycles. The zero-order valence-electron chi connectivity index (χ0n) is 10.9. The van der Waals surface area contributed by atoms with Gasteiger partial charge in [0.05, 0.1) is 0 Å². The van der Waals surface area contributed by atoms with E-state index in [0.29, 0.717) is 0 Å². The van der Waals surface area contributed by atoms with Gasteiger partial charge in [-0.2, -0.15) is 0 Å². The Kier molecular flexibility index (Phi) is 7.47. The van der Waals surface area contributed by atoms with E-state index >= 15 is 0 Å². The van der Waals surface area contributed by atoms with Gasteiger partial charge < -0.3 is 0 Å². The maximum Gasteiger partial charge on any atom is 0.123 e. The van der Waals surface area contributed by atoms with Crippen LogP contribution in [0.1, 0.15) is 44.6 Å². The number of rotatable bonds is 8. The van der Waals surface area contributed by atoms with Crippen molar-refractivity contribution in [2.75, 3.05) is 10.7 Å². The lowest BCUT2D eigenvalue weighted by Gasteiger charge is -2.31. The Balaban J connectivity index is 2.75. The molecule has 0 aliphatic carbocycles. The van der Waals surface area contributed by atoms with Crippen LogP contribution in [0.2, 0.25) is 0 Å². The van der Waals surface area contributed by atoms with Gasteiger partial charge in [-0.1, -0.05) is 76.6 Å². The summed E-state index contributed by atoms with van der Waals surface area (Å²) in [5.41, 5.74) is 1.30. The van der Waals surface area contributed by atoms with Crippen LogP contribution in [0.15, 0.2) is 24.3 Å². The van der Waals surface area contributed by atoms with Gasteiger partial charge in [0, 0.05) is 16.1 Å². The summed E-state index contributed by atoms with van der Waals surface area (Å²) in [6.45, 7) is 2.22. The van der Waals surface area contributed by atoms with E-state index in [1.165, 1.54) is 31.2 Å². The Hall–Kier alpha value is 0.110. The molecule has 0 heterocycles. The molecule has 1 rings (SSSR count). The molecule has 0 spiro atoms. The van der Waals surface area contributed by atoms with Crippen LogP contribution in [0.25, 0.3) is 0 Å². The summed E-state index contributed by atoms with van der Waals surface area (Å²) in [5.74, 6) is -0.164. The van der Waals surface area contributed by atoms with Gasteiger partial charge in [-0.05, 0) is 24.1 Å². The molecule has 0 saturated heterocycles. The van der Waals surface area contributed by atoms with E-state index in [0.717, 1.165) is 17.1 Å². The molecule has 0 aromatic heterocycles. The first-order chi connectivity index (χ1) is 8.68. The van der Waals surface area contributed by atoms with Crippen LogP contribution in [-0.4, -0.2) is 10.7 Å². The summed E-state index contributed by atoms with van der Waals surface area (Å²) in [6.07, 6.45) is 6.19. The predicted octanol–water partition coefficient (Wildman–Crippen LogP) is 5.82. The molecule has 0 atom stereocenters. The second kappa shape index (κ2) is 8.31. The maximum atomic E-state index is 13.0. The number of unbranched alkanes of at least 4 members (excludes halogenated alkanes) is 3. The molecule has 0 radical (unpaired) electrons. The van der Waals surface area contributed by atoms with Gasteiger partial charge in [-0.3, -0.25) is 0 Å². The molecule has 18 heavy (non-hydrogen) atoms. The van der Waals surface area contributed by atoms with Crippen LogP contribution in [-0.2, 0) is 5.41 Å². The van der Waals surface area contributed by atoms with E-state index in [2.05, 4.69) is 38.8 Å². The van der Waals surface area contributed by atoms with Crippen molar-refractivity contribution in [2.45, 2.75) is 44.4 Å². The Labute approximate surface area is 127 Å². The average Bonchev–Trinajstić information content (AvgIpc) is 2.41. The summed E-state index contributed by atoms with van der Waals surface area (Å²) in [6, 6.07) is 6.94. The van der Waals surface area contributed by atoms with E-state index < -0.39 is 0 Å². The van der Waals surface area contributed by atoms with Crippen molar-refractivity contribution in [2.24, 2.45) is 0 Å². The first kappa shape index (κ1) is 16.2. The lowest BCUT2D eigenvalue weighted by Crippen LogP contribution is -2.30. The van der Waals surface area contributed by atoms with Gasteiger partial charge in [0.25, 0.3) is 0 Å². The van der Waals surface area contributed by atoms with Crippen molar-refractivity contribution in [1.82, 2.24) is 0 Å². The van der Waals surface area contributed by atoms with E-state index in [9.17, 15) is 4.39 Å². The smallest absolute Gasteiger partial charge is 0.123 e. The molecular formula is C15H21Br2F. The van der Waals surface area contributed by atoms with Crippen molar-refractivity contribution in [3.63, 3.8) is 0 Å². The monoisotopic (exact) mass is 378 g/mol. The van der Waals surface area contributed by atoms with Crippen LogP contribution in [0.5, 0.6) is 0 Å². The molecule has 0 unspecified atom stereocenters. The summed E-state index contributed by atoms with van der Waals surface area (Å²) >= 11 is 7.27. The quantitative estimate of drug-likeness (QED) is 0.394. The fraction of sp³-hybridized carbons (Fsp3) is 0.600. The normalized spacial score (nSPS) is 11.8. The summed E-state index contributed by atoms with van der Waals surface area (Å²) in [7, 11) is 0. The minimum Gasteiger partial charge on any atom is -0.207 e. The van der Waals surface area contributed by atoms with Crippen molar-refractivity contribution in [1.29, 1.82) is 0 Å². The van der Waals surface area contributed by atoms with Gasteiger partial charge >= 0.3 is 0 Å². The Morgan fingerprint density at radius 2 is 1.61 bits per heavy atom. The van der Waals surface area contributed by atoms with Crippen molar-refractivity contribution in [3.05, 3.63) is 35.6 Å². The number of benzene rings is 1. The average molecular weight is 380 g/mol. The highest BCUT2D eigenvalue weighted by Gasteiger charge is 2.29. The largest absolute Gasteiger partial charge is 0.207 e. The van der Waals surface area contributed by atoms with Crippen LogP contribution >= 0.6 is 31.9 Å². The third kappa shape index (κ3) is 4.34.